The van der Waals surface area contributed by atoms with Crippen LogP contribution in [0.1, 0.15) is 24.1 Å². The van der Waals surface area contributed by atoms with E-state index in [1.807, 2.05) is 45.2 Å². The zero-order chi connectivity index (χ0) is 16.1. The van der Waals surface area contributed by atoms with E-state index in [4.69, 9.17) is 0 Å². The van der Waals surface area contributed by atoms with Crippen molar-refractivity contribution in [2.24, 2.45) is 0 Å². The molecule has 1 amide bonds. The topological polar surface area (TPSA) is 33.5 Å². The van der Waals surface area contributed by atoms with Gasteiger partial charge in [-0.05, 0) is 38.1 Å². The number of hydrogen-bond donors (Lipinski definition) is 2. The van der Waals surface area contributed by atoms with Crippen LogP contribution in [0.4, 0.5) is 10.1 Å². The van der Waals surface area contributed by atoms with Crippen molar-refractivity contribution in [3.05, 3.63) is 65.5 Å². The first kappa shape index (κ1) is 16.2. The normalized spacial score (nSPS) is 13.5. The van der Waals surface area contributed by atoms with Gasteiger partial charge in [0.1, 0.15) is 11.9 Å². The number of nitrogens with one attached hydrogen (secondary N) is 2. The summed E-state index contributed by atoms with van der Waals surface area (Å²) < 4.78 is 13.0. The Balaban J connectivity index is 1.92. The molecule has 0 aromatic heterocycles. The minimum atomic E-state index is -0.245. The Bertz CT molecular complexity index is 623. The molecule has 2 aromatic rings. The number of halogens is 1. The number of rotatable bonds is 5. The number of aryl methyl sites for hydroxylation is 1. The summed E-state index contributed by atoms with van der Waals surface area (Å²) in [5, 5.41) is 2.90. The van der Waals surface area contributed by atoms with Gasteiger partial charge in [0.05, 0.1) is 7.05 Å². The highest BCUT2D eigenvalue weighted by Crippen LogP contribution is 2.10. The van der Waals surface area contributed by atoms with Gasteiger partial charge >= 0.3 is 0 Å². The third-order valence-corrected chi connectivity index (χ3v) is 3.88. The summed E-state index contributed by atoms with van der Waals surface area (Å²) in [5.41, 5.74) is 2.98. The quantitative estimate of drug-likeness (QED) is 0.873. The summed E-state index contributed by atoms with van der Waals surface area (Å²) >= 11 is 0. The summed E-state index contributed by atoms with van der Waals surface area (Å²) in [6, 6.07) is 14.3. The van der Waals surface area contributed by atoms with Crippen molar-refractivity contribution < 1.29 is 14.1 Å². The van der Waals surface area contributed by atoms with E-state index in [2.05, 4.69) is 5.32 Å². The van der Waals surface area contributed by atoms with Crippen LogP contribution >= 0.6 is 0 Å². The van der Waals surface area contributed by atoms with Gasteiger partial charge in [-0.25, -0.2) is 4.39 Å². The first-order valence-electron chi connectivity index (χ1n) is 7.40. The van der Waals surface area contributed by atoms with E-state index in [-0.39, 0.29) is 17.8 Å². The molecule has 3 nitrogen and oxygen atoms in total. The van der Waals surface area contributed by atoms with Gasteiger partial charge in [0.2, 0.25) is 0 Å². The van der Waals surface area contributed by atoms with Gasteiger partial charge in [0.25, 0.3) is 5.91 Å². The number of carbonyl (C=O) groups excluding carboxylic acids is 1. The second kappa shape index (κ2) is 7.18. The highest BCUT2D eigenvalue weighted by Gasteiger charge is 2.18. The van der Waals surface area contributed by atoms with Gasteiger partial charge in [-0.1, -0.05) is 29.8 Å². The van der Waals surface area contributed by atoms with Crippen molar-refractivity contribution in [2.75, 3.05) is 18.9 Å². The van der Waals surface area contributed by atoms with Crippen LogP contribution in [0.5, 0.6) is 0 Å². The molecule has 0 aliphatic rings. The number of amides is 1. The van der Waals surface area contributed by atoms with Crippen LogP contribution in [0, 0.1) is 12.7 Å². The predicted molar refractivity (Wildman–Crippen MR) is 86.4 cm³/mol. The Kier molecular flexibility index (Phi) is 5.28. The number of quaternary nitrogens is 1. The summed E-state index contributed by atoms with van der Waals surface area (Å²) in [6.07, 6.45) is 0. The molecule has 0 spiro atoms. The minimum Gasteiger partial charge on any atom is -0.324 e. The Morgan fingerprint density at radius 2 is 1.73 bits per heavy atom. The molecule has 0 saturated heterocycles. The number of anilines is 1. The second-order valence-corrected chi connectivity index (χ2v) is 5.71. The number of carbonyl (C=O) groups is 1. The van der Waals surface area contributed by atoms with Gasteiger partial charge in [0.15, 0.2) is 6.54 Å². The summed E-state index contributed by atoms with van der Waals surface area (Å²) in [4.78, 5) is 13.2. The van der Waals surface area contributed by atoms with Crippen molar-refractivity contribution in [3.8, 4) is 0 Å². The molecule has 2 rings (SSSR count). The van der Waals surface area contributed by atoms with Crippen molar-refractivity contribution in [2.45, 2.75) is 19.9 Å². The molecule has 0 fully saturated rings. The number of likely N-dealkylation sites (N-methyl/N-ethyl adjacent to an activating group) is 1. The fraction of sp³-hybridized carbons (Fsp3) is 0.278. The SMILES string of the molecule is Cc1ccc(NC(=O)C[NH+](C)[C@H](C)c2ccc(F)cc2)cc1. The van der Waals surface area contributed by atoms with E-state index in [1.54, 1.807) is 12.1 Å². The van der Waals surface area contributed by atoms with Crippen molar-refractivity contribution in [3.63, 3.8) is 0 Å². The molecule has 0 heterocycles. The highest BCUT2D eigenvalue weighted by molar-refractivity contribution is 5.91. The lowest BCUT2D eigenvalue weighted by Crippen LogP contribution is -3.10. The first-order valence-corrected chi connectivity index (χ1v) is 7.40. The van der Waals surface area contributed by atoms with E-state index in [0.29, 0.717) is 6.54 Å². The smallest absolute Gasteiger partial charge is 0.279 e. The number of hydrogen-bond acceptors (Lipinski definition) is 1. The van der Waals surface area contributed by atoms with Crippen LogP contribution in [0.25, 0.3) is 0 Å². The molecule has 22 heavy (non-hydrogen) atoms. The van der Waals surface area contributed by atoms with Crippen LogP contribution in [-0.4, -0.2) is 19.5 Å². The molecule has 0 bridgehead atoms. The molecule has 2 aromatic carbocycles. The maximum absolute atomic E-state index is 13.0. The summed E-state index contributed by atoms with van der Waals surface area (Å²) in [7, 11) is 1.96. The molecule has 116 valence electrons. The van der Waals surface area contributed by atoms with E-state index in [0.717, 1.165) is 21.7 Å². The monoisotopic (exact) mass is 301 g/mol. The van der Waals surface area contributed by atoms with Gasteiger partial charge in [-0.2, -0.15) is 0 Å². The Hall–Kier alpha value is -2.20. The fourth-order valence-corrected chi connectivity index (χ4v) is 2.28. The van der Waals surface area contributed by atoms with Crippen molar-refractivity contribution in [1.29, 1.82) is 0 Å². The van der Waals surface area contributed by atoms with Crippen LogP contribution in [-0.2, 0) is 4.79 Å². The third-order valence-electron chi connectivity index (χ3n) is 3.88. The molecule has 0 aliphatic heterocycles. The van der Waals surface area contributed by atoms with Crippen LogP contribution in [0.2, 0.25) is 0 Å². The Morgan fingerprint density at radius 1 is 1.14 bits per heavy atom. The third kappa shape index (κ3) is 4.40. The average Bonchev–Trinajstić information content (AvgIpc) is 2.49. The minimum absolute atomic E-state index is 0.0321. The zero-order valence-electron chi connectivity index (χ0n) is 13.2. The Morgan fingerprint density at radius 3 is 2.32 bits per heavy atom. The molecule has 4 heteroatoms. The van der Waals surface area contributed by atoms with Crippen LogP contribution in [0.15, 0.2) is 48.5 Å². The first-order chi connectivity index (χ1) is 10.5. The standard InChI is InChI=1S/C18H21FN2O/c1-13-4-10-17(11-5-13)20-18(22)12-21(3)14(2)15-6-8-16(19)9-7-15/h4-11,14H,12H2,1-3H3,(H,20,22)/p+1/t14-/m1/s1. The van der Waals surface area contributed by atoms with Gasteiger partial charge in [-0.3, -0.25) is 4.79 Å². The van der Waals surface area contributed by atoms with Crippen LogP contribution in [0.3, 0.4) is 0 Å². The molecular formula is C18H22FN2O+. The van der Waals surface area contributed by atoms with Gasteiger partial charge < -0.3 is 10.2 Å². The van der Waals surface area contributed by atoms with Crippen molar-refractivity contribution >= 4 is 11.6 Å². The molecule has 0 aliphatic carbocycles. The fourth-order valence-electron chi connectivity index (χ4n) is 2.28. The van der Waals surface area contributed by atoms with E-state index in [9.17, 15) is 9.18 Å². The molecular weight excluding hydrogens is 279 g/mol. The molecule has 0 saturated carbocycles. The lowest BCUT2D eigenvalue weighted by molar-refractivity contribution is -0.902. The predicted octanol–water partition coefficient (Wildman–Crippen LogP) is 2.35. The second-order valence-electron chi connectivity index (χ2n) is 5.71. The molecule has 1 unspecified atom stereocenters. The van der Waals surface area contributed by atoms with E-state index in [1.165, 1.54) is 12.1 Å². The Labute approximate surface area is 130 Å². The number of benzene rings is 2. The largest absolute Gasteiger partial charge is 0.324 e. The van der Waals surface area contributed by atoms with Crippen LogP contribution < -0.4 is 10.2 Å². The average molecular weight is 301 g/mol. The highest BCUT2D eigenvalue weighted by atomic mass is 19.1. The summed E-state index contributed by atoms with van der Waals surface area (Å²) in [5.74, 6) is -0.277. The lowest BCUT2D eigenvalue weighted by Gasteiger charge is -2.21. The molecule has 2 N–H and O–H groups in total. The zero-order valence-corrected chi connectivity index (χ0v) is 13.2. The van der Waals surface area contributed by atoms with Gasteiger partial charge in [-0.15, -0.1) is 0 Å². The van der Waals surface area contributed by atoms with E-state index >= 15 is 0 Å². The van der Waals surface area contributed by atoms with Crippen molar-refractivity contribution in [1.82, 2.24) is 0 Å². The van der Waals surface area contributed by atoms with Gasteiger partial charge in [0, 0.05) is 11.3 Å². The summed E-state index contributed by atoms with van der Waals surface area (Å²) in [6.45, 7) is 4.39. The molecule has 2 atom stereocenters. The maximum atomic E-state index is 13.0. The molecule has 0 radical (unpaired) electrons. The maximum Gasteiger partial charge on any atom is 0.279 e. The lowest BCUT2D eigenvalue weighted by atomic mass is 10.1. The van der Waals surface area contributed by atoms with E-state index < -0.39 is 0 Å².